The lowest BCUT2D eigenvalue weighted by atomic mass is 9.92. The molecule has 3 heterocycles. The van der Waals surface area contributed by atoms with Gasteiger partial charge in [-0.1, -0.05) is 50.2 Å². The fourth-order valence-corrected chi connectivity index (χ4v) is 6.22. The minimum atomic E-state index is -0.188. The summed E-state index contributed by atoms with van der Waals surface area (Å²) in [5.41, 5.74) is 15.3. The van der Waals surface area contributed by atoms with E-state index in [9.17, 15) is 9.59 Å². The van der Waals surface area contributed by atoms with Crippen molar-refractivity contribution < 1.29 is 9.59 Å². The van der Waals surface area contributed by atoms with E-state index >= 15 is 0 Å². The first-order valence-electron chi connectivity index (χ1n) is 17.7. The fraction of sp³-hybridized carbons (Fsp3) is 0.459. The highest BCUT2D eigenvalue weighted by molar-refractivity contribution is 5.98. The van der Waals surface area contributed by atoms with Crippen molar-refractivity contribution >= 4 is 57.4 Å². The lowest BCUT2D eigenvalue weighted by Gasteiger charge is -2.30. The molecule has 51 heavy (non-hydrogen) atoms. The van der Waals surface area contributed by atoms with Crippen molar-refractivity contribution in [1.82, 2.24) is 35.5 Å². The Labute approximate surface area is 300 Å². The molecular weight excluding hydrogens is 644 g/mol. The number of para-hydroxylation sites is 2. The average molecular weight is 697 g/mol. The number of rotatable bonds is 5. The minimum absolute atomic E-state index is 0.0290. The van der Waals surface area contributed by atoms with Gasteiger partial charge in [-0.2, -0.15) is 4.99 Å². The number of aromatic nitrogens is 4. The van der Waals surface area contributed by atoms with E-state index in [2.05, 4.69) is 45.9 Å². The molecule has 0 unspecified atom stereocenters. The van der Waals surface area contributed by atoms with Gasteiger partial charge in [0.2, 0.25) is 23.7 Å². The molecule has 2 aromatic heterocycles. The molecule has 0 atom stereocenters. The number of amides is 2. The highest BCUT2D eigenvalue weighted by Crippen LogP contribution is 2.22. The van der Waals surface area contributed by atoms with Gasteiger partial charge >= 0.3 is 0 Å². The Kier molecular flexibility index (Phi) is 14.1. The molecular formula is C37H52N12O2. The molecule has 1 aliphatic heterocycles. The molecule has 1 aliphatic carbocycles. The summed E-state index contributed by atoms with van der Waals surface area (Å²) in [7, 11) is 2.02. The highest BCUT2D eigenvalue weighted by Gasteiger charge is 2.26. The van der Waals surface area contributed by atoms with Crippen molar-refractivity contribution in [3.8, 4) is 0 Å². The molecule has 0 spiro atoms. The molecule has 2 aromatic carbocycles. The van der Waals surface area contributed by atoms with Crippen molar-refractivity contribution in [2.75, 3.05) is 25.5 Å². The molecule has 4 aromatic rings. The van der Waals surface area contributed by atoms with Gasteiger partial charge < -0.3 is 21.7 Å². The number of hydrogen-bond acceptors (Lipinski definition) is 9. The number of carbonyl (C=O) groups is 2. The van der Waals surface area contributed by atoms with Gasteiger partial charge in [0.05, 0.1) is 28.5 Å². The Morgan fingerprint density at radius 3 is 1.94 bits per heavy atom. The molecule has 14 nitrogen and oxygen atoms in total. The van der Waals surface area contributed by atoms with Crippen LogP contribution in [0, 0.1) is 19.8 Å². The molecule has 272 valence electrons. The van der Waals surface area contributed by atoms with Crippen LogP contribution in [0.1, 0.15) is 70.7 Å². The number of aryl methyl sites for hydroxylation is 2. The smallest absolute Gasteiger partial charge is 0.253 e. The summed E-state index contributed by atoms with van der Waals surface area (Å²) < 4.78 is 0. The van der Waals surface area contributed by atoms with Crippen LogP contribution in [-0.2, 0) is 9.59 Å². The van der Waals surface area contributed by atoms with Gasteiger partial charge in [0.25, 0.3) is 5.95 Å². The second kappa shape index (κ2) is 18.7. The molecule has 1 saturated carbocycles. The van der Waals surface area contributed by atoms with Crippen LogP contribution in [0.5, 0.6) is 0 Å². The standard InChI is InChI=1S/C18H22N6O2.C17H24N6.C2H6/c1-11-14-5-3-4-6-15(14)21-18(20-11)23-17(19)22-16(26)13-7-9-24(10-8-13)12(2)25;1-11-14-5-3-4-6-15(14)22-17(20-11)23-16(18)21-13-9-7-12(19-2)8-10-13;1-2/h3-6,13H,7-10H2,1-2H3,(H3,19,20,21,22,23,26);3-6,12-13,19H,7-10H2,1-2H3,(H3,18,20,21,22,23);1-2H3. The number of hydrogen-bond donors (Lipinski definition) is 5. The Morgan fingerprint density at radius 2 is 1.35 bits per heavy atom. The van der Waals surface area contributed by atoms with Crippen LogP contribution in [0.25, 0.3) is 21.8 Å². The van der Waals surface area contributed by atoms with Crippen LogP contribution >= 0.6 is 0 Å². The number of guanidine groups is 2. The number of fused-ring (bicyclic) bond motifs is 2. The summed E-state index contributed by atoms with van der Waals surface area (Å²) in [6, 6.07) is 16.5. The lowest BCUT2D eigenvalue weighted by Crippen LogP contribution is -2.45. The number of nitrogens with one attached hydrogen (secondary N) is 3. The van der Waals surface area contributed by atoms with E-state index in [1.807, 2.05) is 83.3 Å². The Bertz CT molecular complexity index is 1840. The average Bonchev–Trinajstić information content (AvgIpc) is 3.13. The maximum Gasteiger partial charge on any atom is 0.253 e. The van der Waals surface area contributed by atoms with Gasteiger partial charge in [0.1, 0.15) is 0 Å². The summed E-state index contributed by atoms with van der Waals surface area (Å²) in [5.74, 6) is 0.752. The number of nitrogens with two attached hydrogens (primary N) is 2. The molecule has 1 saturated heterocycles. The largest absolute Gasteiger partial charge is 0.370 e. The van der Waals surface area contributed by atoms with E-state index < -0.39 is 0 Å². The van der Waals surface area contributed by atoms with Crippen LogP contribution in [0.3, 0.4) is 0 Å². The molecule has 2 amide bonds. The van der Waals surface area contributed by atoms with Crippen molar-refractivity contribution in [1.29, 1.82) is 0 Å². The molecule has 6 rings (SSSR count). The summed E-state index contributed by atoms with van der Waals surface area (Å²) in [4.78, 5) is 51.8. The predicted molar refractivity (Wildman–Crippen MR) is 205 cm³/mol. The monoisotopic (exact) mass is 696 g/mol. The van der Waals surface area contributed by atoms with Crippen molar-refractivity contribution in [3.63, 3.8) is 0 Å². The quantitative estimate of drug-likeness (QED) is 0.146. The van der Waals surface area contributed by atoms with Crippen molar-refractivity contribution in [2.45, 2.75) is 85.2 Å². The maximum absolute atomic E-state index is 12.3. The summed E-state index contributed by atoms with van der Waals surface area (Å²) in [6.07, 6.45) is 5.64. The summed E-state index contributed by atoms with van der Waals surface area (Å²) in [6.45, 7) is 10.5. The third-order valence-corrected chi connectivity index (χ3v) is 9.03. The van der Waals surface area contributed by atoms with Gasteiger partial charge in [-0.3, -0.25) is 20.2 Å². The molecule has 2 fully saturated rings. The number of piperidine rings is 1. The number of anilines is 1. The Morgan fingerprint density at radius 1 is 0.784 bits per heavy atom. The van der Waals surface area contributed by atoms with Crippen LogP contribution in [-0.4, -0.2) is 80.8 Å². The summed E-state index contributed by atoms with van der Waals surface area (Å²) in [5, 5.41) is 11.0. The Balaban J connectivity index is 0.000000220. The zero-order valence-corrected chi connectivity index (χ0v) is 30.6. The number of benzene rings is 2. The molecule has 0 radical (unpaired) electrons. The Hall–Kier alpha value is -5.24. The van der Waals surface area contributed by atoms with E-state index in [1.165, 1.54) is 6.92 Å². The van der Waals surface area contributed by atoms with Gasteiger partial charge in [0, 0.05) is 42.7 Å². The van der Waals surface area contributed by atoms with Crippen LogP contribution in [0.2, 0.25) is 0 Å². The fourth-order valence-electron chi connectivity index (χ4n) is 6.22. The van der Waals surface area contributed by atoms with E-state index in [-0.39, 0.29) is 35.7 Å². The molecule has 0 bridgehead atoms. The third-order valence-electron chi connectivity index (χ3n) is 9.03. The molecule has 7 N–H and O–H groups in total. The van der Waals surface area contributed by atoms with E-state index in [4.69, 9.17) is 11.5 Å². The number of carbonyl (C=O) groups excluding carboxylic acids is 2. The third kappa shape index (κ3) is 10.9. The maximum atomic E-state index is 12.3. The SMILES string of the molecule is CC.CC(=O)N1CCC(C(=O)N/C(N)=N/c2nc(C)c3ccccc3n2)CC1.CNC1CCC(N=C(N)Nc2nc(C)c3ccccc3n2)CC1. The zero-order valence-electron chi connectivity index (χ0n) is 30.6. The van der Waals surface area contributed by atoms with Gasteiger partial charge in [0.15, 0.2) is 5.96 Å². The van der Waals surface area contributed by atoms with Gasteiger partial charge in [-0.15, -0.1) is 0 Å². The topological polar surface area (TPSA) is 202 Å². The van der Waals surface area contributed by atoms with Crippen molar-refractivity contribution in [3.05, 3.63) is 59.9 Å². The molecule has 14 heteroatoms. The molecule has 2 aliphatic rings. The predicted octanol–water partition coefficient (Wildman–Crippen LogP) is 4.48. The normalized spacial score (nSPS) is 18.3. The number of nitrogens with zero attached hydrogens (tertiary/aromatic N) is 7. The number of likely N-dealkylation sites (tertiary alicyclic amines) is 1. The van der Waals surface area contributed by atoms with E-state index in [0.717, 1.165) is 58.9 Å². The zero-order chi connectivity index (χ0) is 36.9. The second-order valence-corrected chi connectivity index (χ2v) is 12.5. The van der Waals surface area contributed by atoms with Crippen molar-refractivity contribution in [2.24, 2.45) is 27.4 Å². The highest BCUT2D eigenvalue weighted by atomic mass is 16.2. The van der Waals surface area contributed by atoms with E-state index in [1.54, 1.807) is 4.90 Å². The first-order chi connectivity index (χ1) is 24.6. The second-order valence-electron chi connectivity index (χ2n) is 12.5. The van der Waals surface area contributed by atoms with Crippen LogP contribution < -0.4 is 27.4 Å². The van der Waals surface area contributed by atoms with Crippen LogP contribution in [0.15, 0.2) is 58.5 Å². The van der Waals surface area contributed by atoms with E-state index in [0.29, 0.717) is 43.9 Å². The van der Waals surface area contributed by atoms with Crippen LogP contribution in [0.4, 0.5) is 11.9 Å². The first kappa shape index (κ1) is 38.6. The first-order valence-corrected chi connectivity index (χ1v) is 17.7. The van der Waals surface area contributed by atoms with Gasteiger partial charge in [-0.05, 0) is 71.6 Å². The van der Waals surface area contributed by atoms with Gasteiger partial charge in [-0.25, -0.2) is 24.9 Å². The lowest BCUT2D eigenvalue weighted by molar-refractivity contribution is -0.133. The number of aliphatic imine (C=N–C) groups is 2. The minimum Gasteiger partial charge on any atom is -0.370 e. The summed E-state index contributed by atoms with van der Waals surface area (Å²) >= 11 is 0.